The van der Waals surface area contributed by atoms with Crippen LogP contribution in [0, 0.1) is 0 Å². The van der Waals surface area contributed by atoms with Gasteiger partial charge < -0.3 is 15.0 Å². The van der Waals surface area contributed by atoms with Crippen molar-refractivity contribution < 1.29 is 14.3 Å². The van der Waals surface area contributed by atoms with E-state index >= 15 is 0 Å². The Kier molecular flexibility index (Phi) is 4.40. The van der Waals surface area contributed by atoms with Crippen LogP contribution in [0.3, 0.4) is 0 Å². The number of carbonyl (C=O) groups is 2. The number of amides is 1. The maximum atomic E-state index is 11.7. The second-order valence-corrected chi connectivity index (χ2v) is 5.45. The van der Waals surface area contributed by atoms with Crippen LogP contribution >= 0.6 is 11.6 Å². The number of halogens is 1. The molecule has 5 nitrogen and oxygen atoms in total. The summed E-state index contributed by atoms with van der Waals surface area (Å²) in [6, 6.07) is 1.44. The van der Waals surface area contributed by atoms with Crippen molar-refractivity contribution in [1.82, 2.24) is 10.3 Å². The number of aromatic amines is 1. The maximum absolute atomic E-state index is 11.7. The Hall–Kier alpha value is -1.49. The van der Waals surface area contributed by atoms with Crippen LogP contribution in [-0.4, -0.2) is 28.5 Å². The topological polar surface area (TPSA) is 71.2 Å². The van der Waals surface area contributed by atoms with E-state index in [9.17, 15) is 9.59 Å². The number of carbonyl (C=O) groups excluding carboxylic acids is 2. The normalized spacial score (nSPS) is 12.9. The Morgan fingerprint density at radius 1 is 1.44 bits per heavy atom. The van der Waals surface area contributed by atoms with Crippen LogP contribution in [0.1, 0.15) is 38.2 Å². The quantitative estimate of drug-likeness (QED) is 0.828. The molecule has 18 heavy (non-hydrogen) atoms. The largest absolute Gasteiger partial charge is 0.448 e. The van der Waals surface area contributed by atoms with Crippen molar-refractivity contribution in [2.24, 2.45) is 0 Å². The Balaban J connectivity index is 2.57. The zero-order chi connectivity index (χ0) is 13.9. The summed E-state index contributed by atoms with van der Waals surface area (Å²) in [6.07, 6.45) is 0.608. The number of hydrogen-bond acceptors (Lipinski definition) is 3. The molecule has 1 heterocycles. The maximum Gasteiger partial charge on any atom is 0.355 e. The van der Waals surface area contributed by atoms with E-state index in [1.807, 2.05) is 20.8 Å². The molecule has 0 unspecified atom stereocenters. The van der Waals surface area contributed by atoms with Crippen LogP contribution < -0.4 is 5.32 Å². The highest BCUT2D eigenvalue weighted by atomic mass is 35.5. The molecule has 0 fully saturated rings. The molecule has 0 spiro atoms. The summed E-state index contributed by atoms with van der Waals surface area (Å²) in [5.41, 5.74) is -0.150. The molecule has 0 bridgehead atoms. The van der Waals surface area contributed by atoms with Gasteiger partial charge in [-0.05, 0) is 33.8 Å². The molecule has 0 aliphatic rings. The highest BCUT2D eigenvalue weighted by Crippen LogP contribution is 2.11. The van der Waals surface area contributed by atoms with Gasteiger partial charge in [0.25, 0.3) is 5.91 Å². The number of nitrogens with one attached hydrogen (secondary N) is 2. The first-order valence-corrected chi connectivity index (χ1v) is 5.94. The Bertz CT molecular complexity index is 448. The van der Waals surface area contributed by atoms with Gasteiger partial charge in [-0.15, -0.1) is 0 Å². The van der Waals surface area contributed by atoms with Crippen LogP contribution in [-0.2, 0) is 9.53 Å². The number of rotatable bonds is 3. The van der Waals surface area contributed by atoms with Gasteiger partial charge in [0, 0.05) is 11.7 Å². The lowest BCUT2D eigenvalue weighted by atomic mass is 10.1. The number of ether oxygens (including phenoxy) is 1. The first kappa shape index (κ1) is 14.6. The van der Waals surface area contributed by atoms with Gasteiger partial charge in [0.05, 0.1) is 5.02 Å². The summed E-state index contributed by atoms with van der Waals surface area (Å²) >= 11 is 5.67. The van der Waals surface area contributed by atoms with E-state index in [0.717, 1.165) is 0 Å². The lowest BCUT2D eigenvalue weighted by molar-refractivity contribution is -0.130. The predicted octanol–water partition coefficient (Wildman–Crippen LogP) is 2.13. The zero-order valence-corrected chi connectivity index (χ0v) is 11.6. The minimum absolute atomic E-state index is 0.218. The van der Waals surface area contributed by atoms with Crippen molar-refractivity contribution in [3.8, 4) is 0 Å². The van der Waals surface area contributed by atoms with Gasteiger partial charge in [-0.1, -0.05) is 11.6 Å². The van der Waals surface area contributed by atoms with E-state index in [4.69, 9.17) is 16.3 Å². The second kappa shape index (κ2) is 5.44. The van der Waals surface area contributed by atoms with Gasteiger partial charge in [0.15, 0.2) is 6.10 Å². The van der Waals surface area contributed by atoms with Gasteiger partial charge in [0.2, 0.25) is 0 Å². The van der Waals surface area contributed by atoms with Crippen molar-refractivity contribution in [2.45, 2.75) is 39.3 Å². The molecular formula is C12H17ClN2O3. The van der Waals surface area contributed by atoms with Crippen molar-refractivity contribution in [2.75, 3.05) is 0 Å². The molecule has 0 saturated carbocycles. The standard InChI is InChI=1S/C12H17ClN2O3/c1-7(10(16)15-12(2,3)4)18-11(17)9-5-8(13)6-14-9/h5-7,14H,1-4H3,(H,15,16)/t7-/m0/s1. The van der Waals surface area contributed by atoms with Crippen molar-refractivity contribution in [3.63, 3.8) is 0 Å². The monoisotopic (exact) mass is 272 g/mol. The third-order valence-electron chi connectivity index (χ3n) is 2.02. The molecule has 0 aliphatic carbocycles. The fourth-order valence-corrected chi connectivity index (χ4v) is 1.40. The third-order valence-corrected chi connectivity index (χ3v) is 2.24. The molecule has 6 heteroatoms. The van der Waals surface area contributed by atoms with Gasteiger partial charge in [0.1, 0.15) is 5.69 Å². The molecule has 0 radical (unpaired) electrons. The molecule has 0 saturated heterocycles. The van der Waals surface area contributed by atoms with Gasteiger partial charge in [-0.25, -0.2) is 4.79 Å². The van der Waals surface area contributed by atoms with E-state index < -0.39 is 12.1 Å². The average molecular weight is 273 g/mol. The Labute approximate surface area is 111 Å². The number of esters is 1. The lowest BCUT2D eigenvalue weighted by Gasteiger charge is -2.23. The summed E-state index contributed by atoms with van der Waals surface area (Å²) in [7, 11) is 0. The molecule has 2 N–H and O–H groups in total. The summed E-state index contributed by atoms with van der Waals surface area (Å²) in [6.45, 7) is 7.07. The molecule has 100 valence electrons. The van der Waals surface area contributed by atoms with Gasteiger partial charge in [-0.2, -0.15) is 0 Å². The third kappa shape index (κ3) is 4.41. The molecule has 1 rings (SSSR count). The minimum atomic E-state index is -0.862. The van der Waals surface area contributed by atoms with Gasteiger partial charge >= 0.3 is 5.97 Å². The predicted molar refractivity (Wildman–Crippen MR) is 68.6 cm³/mol. The fourth-order valence-electron chi connectivity index (χ4n) is 1.23. The smallest absolute Gasteiger partial charge is 0.355 e. The van der Waals surface area contributed by atoms with E-state index in [1.54, 1.807) is 0 Å². The van der Waals surface area contributed by atoms with Crippen molar-refractivity contribution in [3.05, 3.63) is 23.0 Å². The van der Waals surface area contributed by atoms with Crippen molar-refractivity contribution >= 4 is 23.5 Å². The summed E-state index contributed by atoms with van der Waals surface area (Å²) < 4.78 is 5.02. The van der Waals surface area contributed by atoms with E-state index in [2.05, 4.69) is 10.3 Å². The molecular weight excluding hydrogens is 256 g/mol. The van der Waals surface area contributed by atoms with Crippen LogP contribution in [0.5, 0.6) is 0 Å². The Morgan fingerprint density at radius 3 is 2.50 bits per heavy atom. The van der Waals surface area contributed by atoms with Crippen LogP contribution in [0.2, 0.25) is 5.02 Å². The first-order valence-electron chi connectivity index (χ1n) is 5.56. The van der Waals surface area contributed by atoms with Crippen molar-refractivity contribution in [1.29, 1.82) is 0 Å². The van der Waals surface area contributed by atoms with Crippen LogP contribution in [0.25, 0.3) is 0 Å². The highest BCUT2D eigenvalue weighted by molar-refractivity contribution is 6.30. The molecule has 0 aromatic carbocycles. The summed E-state index contributed by atoms with van der Waals surface area (Å²) in [5, 5.41) is 3.14. The molecule has 1 aromatic heterocycles. The summed E-state index contributed by atoms with van der Waals surface area (Å²) in [5.74, 6) is -0.952. The van der Waals surface area contributed by atoms with Crippen LogP contribution in [0.4, 0.5) is 0 Å². The Morgan fingerprint density at radius 2 is 2.06 bits per heavy atom. The number of aromatic nitrogens is 1. The summed E-state index contributed by atoms with van der Waals surface area (Å²) in [4.78, 5) is 26.0. The minimum Gasteiger partial charge on any atom is -0.448 e. The fraction of sp³-hybridized carbons (Fsp3) is 0.500. The zero-order valence-electron chi connectivity index (χ0n) is 10.8. The van der Waals surface area contributed by atoms with Gasteiger partial charge in [-0.3, -0.25) is 4.79 Å². The molecule has 1 atom stereocenters. The second-order valence-electron chi connectivity index (χ2n) is 5.02. The molecule has 1 aromatic rings. The first-order chi connectivity index (χ1) is 8.19. The van der Waals surface area contributed by atoms with E-state index in [1.165, 1.54) is 19.2 Å². The molecule has 1 amide bonds. The van der Waals surface area contributed by atoms with Crippen LogP contribution in [0.15, 0.2) is 12.3 Å². The van der Waals surface area contributed by atoms with E-state index in [-0.39, 0.29) is 17.1 Å². The average Bonchev–Trinajstić information content (AvgIpc) is 2.62. The number of hydrogen-bond donors (Lipinski definition) is 2. The van der Waals surface area contributed by atoms with E-state index in [0.29, 0.717) is 5.02 Å². The number of H-pyrrole nitrogens is 1. The SMILES string of the molecule is C[C@H](OC(=O)c1cc(Cl)c[nH]1)C(=O)NC(C)(C)C. The lowest BCUT2D eigenvalue weighted by Crippen LogP contribution is -2.46. The highest BCUT2D eigenvalue weighted by Gasteiger charge is 2.23. The molecule has 0 aliphatic heterocycles.